The summed E-state index contributed by atoms with van der Waals surface area (Å²) in [6.07, 6.45) is 0. The summed E-state index contributed by atoms with van der Waals surface area (Å²) in [5.41, 5.74) is -0.0715. The molecule has 110 valence electrons. The maximum Gasteiger partial charge on any atom is 0.354 e. The number of rotatable bonds is 4. The smallest absolute Gasteiger partial charge is 0.354 e. The molecule has 1 heterocycles. The lowest BCUT2D eigenvalue weighted by atomic mass is 10.3. The lowest BCUT2D eigenvalue weighted by molar-refractivity contribution is 0.0690. The predicted molar refractivity (Wildman–Crippen MR) is 78.5 cm³/mol. The van der Waals surface area contributed by atoms with E-state index in [1.165, 1.54) is 36.4 Å². The second-order valence-corrected chi connectivity index (χ2v) is 6.96. The van der Waals surface area contributed by atoms with E-state index < -0.39 is 21.6 Å². The number of hydrogen-bond donors (Lipinski definition) is 1. The van der Waals surface area contributed by atoms with E-state index in [0.29, 0.717) is 0 Å². The number of aromatic carboxylic acids is 1. The van der Waals surface area contributed by atoms with Crippen LogP contribution in [0.1, 0.15) is 16.2 Å². The van der Waals surface area contributed by atoms with Gasteiger partial charge in [0.15, 0.2) is 9.84 Å². The first-order valence-electron chi connectivity index (χ1n) is 5.66. The highest BCUT2D eigenvalue weighted by Gasteiger charge is 2.18. The molecular weight excluding hydrogens is 337 g/mol. The summed E-state index contributed by atoms with van der Waals surface area (Å²) < 4.78 is 24.5. The fourth-order valence-corrected chi connectivity index (χ4v) is 3.28. The van der Waals surface area contributed by atoms with Gasteiger partial charge in [0, 0.05) is 0 Å². The van der Waals surface area contributed by atoms with Crippen LogP contribution in [0.5, 0.6) is 0 Å². The summed E-state index contributed by atoms with van der Waals surface area (Å²) >= 11 is 11.5. The van der Waals surface area contributed by atoms with Crippen LogP contribution < -0.4 is 0 Å². The van der Waals surface area contributed by atoms with Gasteiger partial charge in [-0.3, -0.25) is 0 Å². The molecule has 2 rings (SSSR count). The van der Waals surface area contributed by atoms with Crippen LogP contribution in [0.3, 0.4) is 0 Å². The van der Waals surface area contributed by atoms with Crippen LogP contribution in [-0.4, -0.2) is 24.5 Å². The molecule has 1 aromatic heterocycles. The van der Waals surface area contributed by atoms with Crippen LogP contribution in [0.25, 0.3) is 0 Å². The van der Waals surface area contributed by atoms with Crippen LogP contribution in [0, 0.1) is 0 Å². The van der Waals surface area contributed by atoms with Gasteiger partial charge in [0.05, 0.1) is 26.4 Å². The number of halogens is 2. The molecule has 0 amide bonds. The highest BCUT2D eigenvalue weighted by Crippen LogP contribution is 2.26. The van der Waals surface area contributed by atoms with E-state index in [1.807, 2.05) is 0 Å². The van der Waals surface area contributed by atoms with Crippen molar-refractivity contribution in [3.05, 3.63) is 57.8 Å². The Morgan fingerprint density at radius 3 is 2.48 bits per heavy atom. The largest absolute Gasteiger partial charge is 0.477 e. The zero-order chi connectivity index (χ0) is 15.6. The van der Waals surface area contributed by atoms with Gasteiger partial charge < -0.3 is 5.11 Å². The number of nitrogens with zero attached hydrogens (tertiary/aromatic N) is 1. The lowest BCUT2D eigenvalue weighted by Gasteiger charge is -2.06. The summed E-state index contributed by atoms with van der Waals surface area (Å²) in [6, 6.07) is 8.15. The van der Waals surface area contributed by atoms with Gasteiger partial charge in [-0.05, 0) is 30.3 Å². The van der Waals surface area contributed by atoms with Crippen LogP contribution >= 0.6 is 23.2 Å². The van der Waals surface area contributed by atoms with Gasteiger partial charge in [-0.2, -0.15) is 0 Å². The predicted octanol–water partition coefficient (Wildman–Crippen LogP) is 3.06. The zero-order valence-corrected chi connectivity index (χ0v) is 12.8. The number of carboxylic acid groups (broad SMARTS) is 1. The molecule has 0 aliphatic carbocycles. The van der Waals surface area contributed by atoms with Crippen LogP contribution in [0.2, 0.25) is 10.0 Å². The molecule has 0 saturated carbocycles. The molecule has 1 N–H and O–H groups in total. The first-order chi connectivity index (χ1) is 9.79. The summed E-state index contributed by atoms with van der Waals surface area (Å²) in [7, 11) is -3.69. The summed E-state index contributed by atoms with van der Waals surface area (Å²) in [5, 5.41) is 9.23. The number of aromatic nitrogens is 1. The van der Waals surface area contributed by atoms with Crippen molar-refractivity contribution in [1.29, 1.82) is 0 Å². The molecular formula is C13H9Cl2NO4S. The van der Waals surface area contributed by atoms with Crippen molar-refractivity contribution < 1.29 is 18.3 Å². The van der Waals surface area contributed by atoms with Crippen molar-refractivity contribution in [3.8, 4) is 0 Å². The summed E-state index contributed by atoms with van der Waals surface area (Å²) in [5.74, 6) is -1.64. The Balaban J connectivity index is 2.35. The highest BCUT2D eigenvalue weighted by atomic mass is 35.5. The number of pyridine rings is 1. The van der Waals surface area contributed by atoms with E-state index in [0.717, 1.165) is 0 Å². The fourth-order valence-electron chi connectivity index (χ4n) is 1.63. The van der Waals surface area contributed by atoms with E-state index in [1.54, 1.807) is 0 Å². The minimum atomic E-state index is -3.69. The van der Waals surface area contributed by atoms with Gasteiger partial charge >= 0.3 is 5.97 Å². The first-order valence-corrected chi connectivity index (χ1v) is 8.07. The van der Waals surface area contributed by atoms with Gasteiger partial charge in [0.2, 0.25) is 0 Å². The molecule has 0 bridgehead atoms. The molecule has 0 atom stereocenters. The summed E-state index contributed by atoms with van der Waals surface area (Å²) in [6.45, 7) is 0. The molecule has 2 aromatic rings. The maximum absolute atomic E-state index is 12.3. The molecule has 0 aliphatic heterocycles. The third-order valence-electron chi connectivity index (χ3n) is 2.61. The van der Waals surface area contributed by atoms with E-state index in [4.69, 9.17) is 28.3 Å². The van der Waals surface area contributed by atoms with E-state index >= 15 is 0 Å². The Bertz CT molecular complexity index is 806. The average Bonchev–Trinajstić information content (AvgIpc) is 2.41. The second-order valence-electron chi connectivity index (χ2n) is 4.15. The van der Waals surface area contributed by atoms with Crippen molar-refractivity contribution in [2.24, 2.45) is 0 Å². The van der Waals surface area contributed by atoms with Crippen molar-refractivity contribution in [1.82, 2.24) is 4.98 Å². The minimum Gasteiger partial charge on any atom is -0.477 e. The van der Waals surface area contributed by atoms with Gasteiger partial charge in [-0.1, -0.05) is 29.3 Å². The van der Waals surface area contributed by atoms with E-state index in [9.17, 15) is 13.2 Å². The van der Waals surface area contributed by atoms with E-state index in [-0.39, 0.29) is 26.3 Å². The Morgan fingerprint density at radius 1 is 1.14 bits per heavy atom. The van der Waals surface area contributed by atoms with Gasteiger partial charge in [-0.15, -0.1) is 0 Å². The Hall–Kier alpha value is -1.63. The normalized spacial score (nSPS) is 11.3. The standard InChI is InChI=1S/C13H9Cl2NO4S/c14-10-5-4-9(6-11(10)15)21(19,20)7-8-2-1-3-12(16-8)13(17)18/h1-6H,7H2,(H,17,18). The molecule has 21 heavy (non-hydrogen) atoms. The molecule has 8 heteroatoms. The van der Waals surface area contributed by atoms with Crippen LogP contribution in [-0.2, 0) is 15.6 Å². The first kappa shape index (κ1) is 15.8. The molecule has 0 spiro atoms. The van der Waals surface area contributed by atoms with Crippen molar-refractivity contribution in [2.45, 2.75) is 10.6 Å². The molecule has 0 aliphatic rings. The molecule has 1 aromatic carbocycles. The number of carboxylic acids is 1. The number of carbonyl (C=O) groups is 1. The highest BCUT2D eigenvalue weighted by molar-refractivity contribution is 7.90. The molecule has 0 unspecified atom stereocenters. The lowest BCUT2D eigenvalue weighted by Crippen LogP contribution is -2.09. The van der Waals surface area contributed by atoms with Crippen LogP contribution in [0.15, 0.2) is 41.3 Å². The number of benzene rings is 1. The molecule has 5 nitrogen and oxygen atoms in total. The Labute approximate surface area is 131 Å². The van der Waals surface area contributed by atoms with Crippen molar-refractivity contribution in [2.75, 3.05) is 0 Å². The Kier molecular flexibility index (Phi) is 4.51. The van der Waals surface area contributed by atoms with E-state index in [2.05, 4.69) is 4.98 Å². The second kappa shape index (κ2) is 6.01. The van der Waals surface area contributed by atoms with Crippen molar-refractivity contribution in [3.63, 3.8) is 0 Å². The third kappa shape index (κ3) is 3.72. The molecule has 0 saturated heterocycles. The third-order valence-corrected chi connectivity index (χ3v) is 5.00. The van der Waals surface area contributed by atoms with Gasteiger partial charge in [0.25, 0.3) is 0 Å². The monoisotopic (exact) mass is 345 g/mol. The SMILES string of the molecule is O=C(O)c1cccc(CS(=O)(=O)c2ccc(Cl)c(Cl)c2)n1. The number of hydrogen-bond acceptors (Lipinski definition) is 4. The minimum absolute atomic E-state index is 0.000530. The van der Waals surface area contributed by atoms with Gasteiger partial charge in [-0.25, -0.2) is 18.2 Å². The Morgan fingerprint density at radius 2 is 1.86 bits per heavy atom. The summed E-state index contributed by atoms with van der Waals surface area (Å²) in [4.78, 5) is 14.6. The fraction of sp³-hybridized carbons (Fsp3) is 0.0769. The average molecular weight is 346 g/mol. The van der Waals surface area contributed by atoms with Crippen molar-refractivity contribution >= 4 is 39.0 Å². The zero-order valence-electron chi connectivity index (χ0n) is 10.5. The van der Waals surface area contributed by atoms with Gasteiger partial charge in [0.1, 0.15) is 5.69 Å². The van der Waals surface area contributed by atoms with Crippen LogP contribution in [0.4, 0.5) is 0 Å². The maximum atomic E-state index is 12.3. The number of sulfone groups is 1. The molecule has 0 radical (unpaired) electrons. The molecule has 0 fully saturated rings. The quantitative estimate of drug-likeness (QED) is 0.920. The topological polar surface area (TPSA) is 84.3 Å².